The number of benzene rings is 2. The van der Waals surface area contributed by atoms with E-state index in [4.69, 9.17) is 4.74 Å². The van der Waals surface area contributed by atoms with Gasteiger partial charge in [0.1, 0.15) is 0 Å². The zero-order valence-corrected chi connectivity index (χ0v) is 15.7. The Morgan fingerprint density at radius 2 is 1.79 bits per heavy atom. The molecule has 1 amide bonds. The van der Waals surface area contributed by atoms with Gasteiger partial charge in [0.15, 0.2) is 6.10 Å². The van der Waals surface area contributed by atoms with Crippen LogP contribution in [0.15, 0.2) is 48.5 Å². The number of alkyl halides is 4. The quantitative estimate of drug-likeness (QED) is 0.758. The van der Waals surface area contributed by atoms with Crippen molar-refractivity contribution in [1.82, 2.24) is 0 Å². The van der Waals surface area contributed by atoms with E-state index in [0.717, 1.165) is 12.1 Å². The second kappa shape index (κ2) is 8.12. The minimum Gasteiger partial charge on any atom is -0.367 e. The lowest BCUT2D eigenvalue weighted by Gasteiger charge is -2.28. The Kier molecular flexibility index (Phi) is 5.95. The second-order valence-corrected chi connectivity index (χ2v) is 6.94. The fourth-order valence-electron chi connectivity index (χ4n) is 3.50. The first-order valence-corrected chi connectivity index (χ1v) is 9.17. The molecular formula is C21H21F4NO3. The molecule has 4 nitrogen and oxygen atoms in total. The number of carbonyl (C=O) groups excluding carboxylic acids is 1. The summed E-state index contributed by atoms with van der Waals surface area (Å²) in [6, 6.07) is 12.0. The van der Waals surface area contributed by atoms with Gasteiger partial charge >= 0.3 is 12.0 Å². The summed E-state index contributed by atoms with van der Waals surface area (Å²) in [5.74, 6) is -4.82. The molecule has 1 N–H and O–H groups in total. The number of carbonyl (C=O) groups is 1. The molecule has 156 valence electrons. The number of ether oxygens (including phenoxy) is 1. The first kappa shape index (κ1) is 21.3. The van der Waals surface area contributed by atoms with Crippen LogP contribution in [0.1, 0.15) is 35.6 Å². The number of hydrogen-bond donors (Lipinski definition) is 1. The smallest absolute Gasteiger partial charge is 0.367 e. The van der Waals surface area contributed by atoms with Crippen LogP contribution in [0.3, 0.4) is 0 Å². The van der Waals surface area contributed by atoms with Crippen molar-refractivity contribution in [2.24, 2.45) is 0 Å². The van der Waals surface area contributed by atoms with Crippen molar-refractivity contribution in [3.8, 4) is 0 Å². The zero-order chi connectivity index (χ0) is 21.2. The Labute approximate surface area is 165 Å². The van der Waals surface area contributed by atoms with E-state index in [9.17, 15) is 27.5 Å². The molecule has 2 aromatic carbocycles. The monoisotopic (exact) mass is 411 g/mol. The first-order chi connectivity index (χ1) is 13.7. The Morgan fingerprint density at radius 1 is 1.10 bits per heavy atom. The maximum Gasteiger partial charge on any atom is 0.453 e. The van der Waals surface area contributed by atoms with Crippen LogP contribution < -0.4 is 4.90 Å². The highest BCUT2D eigenvalue weighted by Gasteiger charge is 2.56. The number of amides is 1. The Balaban J connectivity index is 1.99. The summed E-state index contributed by atoms with van der Waals surface area (Å²) in [6.45, 7) is 0.358. The molecule has 3 rings (SSSR count). The van der Waals surface area contributed by atoms with Crippen LogP contribution >= 0.6 is 0 Å². The number of aryl methyl sites for hydroxylation is 1. The highest BCUT2D eigenvalue weighted by atomic mass is 19.4. The van der Waals surface area contributed by atoms with Crippen molar-refractivity contribution in [3.63, 3.8) is 0 Å². The molecule has 0 radical (unpaired) electrons. The molecule has 29 heavy (non-hydrogen) atoms. The van der Waals surface area contributed by atoms with E-state index in [1.54, 1.807) is 24.3 Å². The van der Waals surface area contributed by atoms with Crippen LogP contribution in [0.5, 0.6) is 0 Å². The van der Waals surface area contributed by atoms with Crippen LogP contribution in [0.2, 0.25) is 0 Å². The van der Waals surface area contributed by atoms with E-state index in [1.165, 1.54) is 18.1 Å². The third-order valence-corrected chi connectivity index (χ3v) is 5.03. The van der Waals surface area contributed by atoms with E-state index < -0.39 is 23.7 Å². The average molecular weight is 411 g/mol. The summed E-state index contributed by atoms with van der Waals surface area (Å²) in [5.41, 5.74) is 0.519. The molecule has 0 spiro atoms. The molecule has 0 fully saturated rings. The van der Waals surface area contributed by atoms with Gasteiger partial charge in [-0.3, -0.25) is 4.79 Å². The van der Waals surface area contributed by atoms with Crippen molar-refractivity contribution < 1.29 is 32.2 Å². The number of halogens is 4. The predicted octanol–water partition coefficient (Wildman–Crippen LogP) is 4.42. The predicted molar refractivity (Wildman–Crippen MR) is 99.0 cm³/mol. The summed E-state index contributed by atoms with van der Waals surface area (Å²) in [7, 11) is 1.41. The lowest BCUT2D eigenvalue weighted by atomic mass is 9.99. The zero-order valence-electron chi connectivity index (χ0n) is 15.7. The summed E-state index contributed by atoms with van der Waals surface area (Å²) in [4.78, 5) is 14.6. The SMILES string of the molecule is CO[C@@H](C(=O)N1CCCCc2cc(C(O)(F)C(F)(F)F)ccc21)c1ccccc1. The molecule has 1 heterocycles. The third kappa shape index (κ3) is 4.13. The highest BCUT2D eigenvalue weighted by Crippen LogP contribution is 2.42. The molecule has 0 aromatic heterocycles. The van der Waals surface area contributed by atoms with Crippen molar-refractivity contribution in [2.45, 2.75) is 37.4 Å². The Bertz CT molecular complexity index is 868. The van der Waals surface area contributed by atoms with Gasteiger partial charge in [-0.2, -0.15) is 17.6 Å². The summed E-state index contributed by atoms with van der Waals surface area (Å²) in [5, 5.41) is 9.35. The first-order valence-electron chi connectivity index (χ1n) is 9.17. The maximum atomic E-state index is 14.0. The van der Waals surface area contributed by atoms with E-state index in [0.29, 0.717) is 42.6 Å². The van der Waals surface area contributed by atoms with Crippen molar-refractivity contribution >= 4 is 11.6 Å². The van der Waals surface area contributed by atoms with E-state index >= 15 is 0 Å². The van der Waals surface area contributed by atoms with Crippen LogP contribution in [0.25, 0.3) is 0 Å². The normalized spacial score (nSPS) is 17.8. The van der Waals surface area contributed by atoms with Crippen LogP contribution in [0, 0.1) is 0 Å². The molecule has 2 aromatic rings. The summed E-state index contributed by atoms with van der Waals surface area (Å²) < 4.78 is 58.0. The van der Waals surface area contributed by atoms with Gasteiger partial charge in [0.25, 0.3) is 5.91 Å². The second-order valence-electron chi connectivity index (χ2n) is 6.94. The van der Waals surface area contributed by atoms with Crippen molar-refractivity contribution in [3.05, 3.63) is 65.2 Å². The molecule has 0 saturated heterocycles. The lowest BCUT2D eigenvalue weighted by Crippen LogP contribution is -2.38. The molecule has 2 atom stereocenters. The van der Waals surface area contributed by atoms with E-state index in [1.807, 2.05) is 6.07 Å². The largest absolute Gasteiger partial charge is 0.453 e. The number of hydrogen-bond acceptors (Lipinski definition) is 3. The topological polar surface area (TPSA) is 49.8 Å². The van der Waals surface area contributed by atoms with Gasteiger partial charge in [-0.25, -0.2) is 0 Å². The van der Waals surface area contributed by atoms with E-state index in [2.05, 4.69) is 0 Å². The van der Waals surface area contributed by atoms with Crippen LogP contribution in [0.4, 0.5) is 23.2 Å². The molecule has 1 unspecified atom stereocenters. The molecular weight excluding hydrogens is 390 g/mol. The van der Waals surface area contributed by atoms with Gasteiger partial charge in [-0.05, 0) is 42.5 Å². The van der Waals surface area contributed by atoms with Gasteiger partial charge in [0, 0.05) is 24.9 Å². The number of anilines is 1. The molecule has 1 aliphatic rings. The Morgan fingerprint density at radius 3 is 2.41 bits per heavy atom. The number of fused-ring (bicyclic) bond motifs is 1. The third-order valence-electron chi connectivity index (χ3n) is 5.03. The van der Waals surface area contributed by atoms with E-state index in [-0.39, 0.29) is 5.91 Å². The van der Waals surface area contributed by atoms with Crippen molar-refractivity contribution in [1.29, 1.82) is 0 Å². The molecule has 1 aliphatic heterocycles. The average Bonchev–Trinajstić information content (AvgIpc) is 2.90. The molecule has 0 aliphatic carbocycles. The van der Waals surface area contributed by atoms with Crippen LogP contribution in [-0.4, -0.2) is 30.8 Å². The molecule has 0 saturated carbocycles. The summed E-state index contributed by atoms with van der Waals surface area (Å²) >= 11 is 0. The fourth-order valence-corrected chi connectivity index (χ4v) is 3.50. The van der Waals surface area contributed by atoms with Gasteiger partial charge in [-0.1, -0.05) is 36.4 Å². The van der Waals surface area contributed by atoms with Gasteiger partial charge in [-0.15, -0.1) is 0 Å². The van der Waals surface area contributed by atoms with Gasteiger partial charge in [0.05, 0.1) is 0 Å². The lowest BCUT2D eigenvalue weighted by molar-refractivity contribution is -0.323. The van der Waals surface area contributed by atoms with Crippen LogP contribution in [-0.2, 0) is 21.8 Å². The van der Waals surface area contributed by atoms with Crippen molar-refractivity contribution in [2.75, 3.05) is 18.6 Å². The molecule has 0 bridgehead atoms. The van der Waals surface area contributed by atoms with Gasteiger partial charge in [0.2, 0.25) is 0 Å². The number of aliphatic hydroxyl groups is 1. The highest BCUT2D eigenvalue weighted by molar-refractivity contribution is 5.98. The standard InChI is InChI=1S/C21H21F4NO3/c1-29-18(14-7-3-2-4-8-14)19(27)26-12-6-5-9-15-13-16(10-11-17(15)26)20(22,28)21(23,24)25/h2-4,7-8,10-11,13,18,28H,5-6,9,12H2,1H3/t18-,20?/m1/s1. The number of nitrogens with zero attached hydrogens (tertiary/aromatic N) is 1. The fraction of sp³-hybridized carbons (Fsp3) is 0.381. The Hall–Kier alpha value is -2.45. The van der Waals surface area contributed by atoms with Gasteiger partial charge < -0.3 is 14.7 Å². The minimum atomic E-state index is -5.46. The molecule has 8 heteroatoms. The summed E-state index contributed by atoms with van der Waals surface area (Å²) in [6.07, 6.45) is -4.74. The minimum absolute atomic E-state index is 0.358. The number of rotatable bonds is 4. The maximum absolute atomic E-state index is 14.0. The number of methoxy groups -OCH3 is 1.